The van der Waals surface area contributed by atoms with Crippen molar-refractivity contribution in [1.29, 1.82) is 0 Å². The molecule has 8 heteroatoms. The number of halogens is 1. The van der Waals surface area contributed by atoms with Gasteiger partial charge in [0.1, 0.15) is 0 Å². The zero-order valence-corrected chi connectivity index (χ0v) is 18.9. The zero-order chi connectivity index (χ0) is 19.9. The maximum atomic E-state index is 13.4. The summed E-state index contributed by atoms with van der Waals surface area (Å²) < 4.78 is 33.7. The summed E-state index contributed by atoms with van der Waals surface area (Å²) in [6.45, 7) is 5.88. The van der Waals surface area contributed by atoms with E-state index in [0.717, 1.165) is 28.9 Å². The number of rotatable bonds is 4. The molecule has 1 aromatic carbocycles. The van der Waals surface area contributed by atoms with E-state index >= 15 is 0 Å². The average molecular weight is 481 g/mol. The van der Waals surface area contributed by atoms with Crippen LogP contribution >= 0.6 is 27.3 Å². The summed E-state index contributed by atoms with van der Waals surface area (Å²) in [5.41, 5.74) is 0. The third-order valence-electron chi connectivity index (χ3n) is 4.85. The summed E-state index contributed by atoms with van der Waals surface area (Å²) in [6.07, 6.45) is 1.12. The fourth-order valence-corrected chi connectivity index (χ4v) is 5.97. The number of hydrogen-bond donors (Lipinski definition) is 0. The first-order chi connectivity index (χ1) is 13.3. The molecule has 0 amide bonds. The Morgan fingerprint density at radius 2 is 1.82 bits per heavy atom. The lowest BCUT2D eigenvalue weighted by Crippen LogP contribution is -2.39. The van der Waals surface area contributed by atoms with Crippen molar-refractivity contribution < 1.29 is 12.8 Å². The number of nitrogens with zero attached hydrogens (tertiary/aromatic N) is 2. The second-order valence-electron chi connectivity index (χ2n) is 7.42. The van der Waals surface area contributed by atoms with Gasteiger partial charge in [0.15, 0.2) is 0 Å². The largest absolute Gasteiger partial charge is 0.418 e. The quantitative estimate of drug-likeness (QED) is 0.494. The van der Waals surface area contributed by atoms with Crippen molar-refractivity contribution in [3.8, 4) is 10.8 Å². The van der Waals surface area contributed by atoms with Gasteiger partial charge in [-0.3, -0.25) is 0 Å². The van der Waals surface area contributed by atoms with E-state index in [-0.39, 0.29) is 9.92 Å². The van der Waals surface area contributed by atoms with Gasteiger partial charge in [-0.25, -0.2) is 8.42 Å². The average Bonchev–Trinajstić information content (AvgIpc) is 3.31. The van der Waals surface area contributed by atoms with Gasteiger partial charge in [0, 0.05) is 17.6 Å². The summed E-state index contributed by atoms with van der Waals surface area (Å²) in [4.78, 5) is 7.51. The topological polar surface area (TPSA) is 63.4 Å². The minimum absolute atomic E-state index is 0.000442. The lowest BCUT2D eigenvalue weighted by atomic mass is 9.92. The second kappa shape index (κ2) is 7.65. The molecule has 3 aromatic rings. The van der Waals surface area contributed by atoms with Crippen molar-refractivity contribution in [2.45, 2.75) is 30.2 Å². The van der Waals surface area contributed by atoms with E-state index in [1.165, 1.54) is 11.3 Å². The number of anilines is 1. The van der Waals surface area contributed by atoms with Gasteiger partial charge >= 0.3 is 0 Å². The van der Waals surface area contributed by atoms with Gasteiger partial charge in [-0.15, -0.1) is 11.3 Å². The van der Waals surface area contributed by atoms with Crippen LogP contribution in [0.3, 0.4) is 0 Å². The molecule has 0 aliphatic carbocycles. The Hall–Kier alpha value is -1.64. The van der Waals surface area contributed by atoms with Crippen LogP contribution in [0.25, 0.3) is 10.8 Å². The zero-order valence-electron chi connectivity index (χ0n) is 15.6. The molecule has 1 fully saturated rings. The molecule has 0 N–H and O–H groups in total. The van der Waals surface area contributed by atoms with Gasteiger partial charge in [-0.1, -0.05) is 35.8 Å². The van der Waals surface area contributed by atoms with Crippen molar-refractivity contribution >= 4 is 43.0 Å². The normalized spacial score (nSPS) is 20.5. The first-order valence-corrected chi connectivity index (χ1v) is 12.3. The summed E-state index contributed by atoms with van der Waals surface area (Å²) >= 11 is 4.83. The highest BCUT2D eigenvalue weighted by Crippen LogP contribution is 2.38. The Balaban J connectivity index is 1.84. The lowest BCUT2D eigenvalue weighted by Gasteiger charge is -2.34. The number of thiophene rings is 1. The molecule has 4 rings (SSSR count). The highest BCUT2D eigenvalue weighted by atomic mass is 79.9. The fourth-order valence-electron chi connectivity index (χ4n) is 3.73. The van der Waals surface area contributed by atoms with Crippen LogP contribution in [-0.2, 0) is 9.84 Å². The molecule has 3 heterocycles. The molecule has 0 saturated carbocycles. The first kappa shape index (κ1) is 19.7. The van der Waals surface area contributed by atoms with Crippen molar-refractivity contribution in [1.82, 2.24) is 4.98 Å². The van der Waals surface area contributed by atoms with Crippen LogP contribution < -0.4 is 4.90 Å². The third-order valence-corrected chi connectivity index (χ3v) is 7.90. The number of aromatic nitrogens is 1. The van der Waals surface area contributed by atoms with Crippen LogP contribution in [0.15, 0.2) is 60.6 Å². The van der Waals surface area contributed by atoms with E-state index in [1.807, 2.05) is 22.4 Å². The molecule has 2 atom stereocenters. The Kier molecular flexibility index (Phi) is 5.37. The van der Waals surface area contributed by atoms with E-state index in [1.54, 1.807) is 24.3 Å². The molecular formula is C20H21BrN2O3S2. The first-order valence-electron chi connectivity index (χ1n) is 9.15. The monoisotopic (exact) mass is 480 g/mol. The molecule has 0 radical (unpaired) electrons. The summed E-state index contributed by atoms with van der Waals surface area (Å²) in [6, 6.07) is 10.4. The summed E-state index contributed by atoms with van der Waals surface area (Å²) in [5.74, 6) is 1.63. The molecule has 148 valence electrons. The van der Waals surface area contributed by atoms with Crippen LogP contribution in [0.4, 0.5) is 5.88 Å². The van der Waals surface area contributed by atoms with Gasteiger partial charge in [0.25, 0.3) is 0 Å². The fraction of sp³-hybridized carbons (Fsp3) is 0.350. The van der Waals surface area contributed by atoms with E-state index in [9.17, 15) is 8.42 Å². The van der Waals surface area contributed by atoms with Crippen molar-refractivity contribution in [3.05, 3.63) is 46.3 Å². The molecule has 2 aromatic heterocycles. The lowest BCUT2D eigenvalue weighted by molar-refractivity contribution is 0.342. The van der Waals surface area contributed by atoms with E-state index in [4.69, 9.17) is 4.42 Å². The standard InChI is InChI=1S/C20H21BrN2O3S2/c1-13-10-14(2)12-23(11-13)20-19(22-18(26-20)17-4-3-9-27-17)28(24,25)16-7-5-15(21)6-8-16/h3-9,13-14H,10-12H2,1-2H3. The molecule has 28 heavy (non-hydrogen) atoms. The Morgan fingerprint density at radius 3 is 2.43 bits per heavy atom. The Labute approximate surface area is 177 Å². The van der Waals surface area contributed by atoms with Gasteiger partial charge in [-0.2, -0.15) is 4.98 Å². The summed E-state index contributed by atoms with van der Waals surface area (Å²) in [5, 5.41) is 1.92. The van der Waals surface area contributed by atoms with Gasteiger partial charge in [0.05, 0.1) is 9.77 Å². The third kappa shape index (κ3) is 3.77. The van der Waals surface area contributed by atoms with Crippen LogP contribution in [0.1, 0.15) is 20.3 Å². The minimum atomic E-state index is -3.80. The maximum absolute atomic E-state index is 13.4. The molecule has 2 unspecified atom stereocenters. The molecule has 1 aliphatic rings. The molecule has 1 aliphatic heterocycles. The molecule has 1 saturated heterocycles. The van der Waals surface area contributed by atoms with Crippen molar-refractivity contribution in [2.24, 2.45) is 11.8 Å². The van der Waals surface area contributed by atoms with Gasteiger partial charge in [0.2, 0.25) is 26.6 Å². The van der Waals surface area contributed by atoms with Crippen LogP contribution in [-0.4, -0.2) is 26.5 Å². The van der Waals surface area contributed by atoms with Crippen LogP contribution in [0.5, 0.6) is 0 Å². The highest BCUT2D eigenvalue weighted by Gasteiger charge is 2.34. The van der Waals surface area contributed by atoms with Crippen molar-refractivity contribution in [3.63, 3.8) is 0 Å². The number of benzene rings is 1. The number of hydrogen-bond acceptors (Lipinski definition) is 6. The predicted octanol–water partition coefficient (Wildman–Crippen LogP) is 5.48. The van der Waals surface area contributed by atoms with Gasteiger partial charge in [-0.05, 0) is 54.0 Å². The molecule has 0 spiro atoms. The number of piperidine rings is 1. The van der Waals surface area contributed by atoms with Crippen molar-refractivity contribution in [2.75, 3.05) is 18.0 Å². The molecular weight excluding hydrogens is 460 g/mol. The molecule has 5 nitrogen and oxygen atoms in total. The Bertz CT molecular complexity index is 1050. The molecule has 0 bridgehead atoms. The van der Waals surface area contributed by atoms with E-state index in [0.29, 0.717) is 23.6 Å². The smallest absolute Gasteiger partial charge is 0.240 e. The van der Waals surface area contributed by atoms with E-state index < -0.39 is 9.84 Å². The van der Waals surface area contributed by atoms with E-state index in [2.05, 4.69) is 34.8 Å². The second-order valence-corrected chi connectivity index (χ2v) is 11.1. The highest BCUT2D eigenvalue weighted by molar-refractivity contribution is 9.10. The Morgan fingerprint density at radius 1 is 1.14 bits per heavy atom. The summed E-state index contributed by atoms with van der Waals surface area (Å²) in [7, 11) is -3.80. The number of oxazole rings is 1. The maximum Gasteiger partial charge on any atom is 0.240 e. The van der Waals surface area contributed by atoms with Gasteiger partial charge < -0.3 is 9.32 Å². The predicted molar refractivity (Wildman–Crippen MR) is 115 cm³/mol. The van der Waals surface area contributed by atoms with Crippen LogP contribution in [0, 0.1) is 11.8 Å². The SMILES string of the molecule is CC1CC(C)CN(c2oc(-c3cccs3)nc2S(=O)(=O)c2ccc(Br)cc2)C1. The minimum Gasteiger partial charge on any atom is -0.418 e. The van der Waals surface area contributed by atoms with Crippen LogP contribution in [0.2, 0.25) is 0 Å². The number of sulfone groups is 1.